The summed E-state index contributed by atoms with van der Waals surface area (Å²) >= 11 is 8.51. The highest BCUT2D eigenvalue weighted by Gasteiger charge is 2.19. The third-order valence-electron chi connectivity index (χ3n) is 3.14. The molecule has 0 atom stereocenters. The number of hydrogen-bond acceptors (Lipinski definition) is 5. The normalized spacial score (nSPS) is 10.9. The maximum absolute atomic E-state index is 12.5. The summed E-state index contributed by atoms with van der Waals surface area (Å²) in [5.41, 5.74) is 0.718. The first-order valence-corrected chi connectivity index (χ1v) is 9.03. The predicted octanol–water partition coefficient (Wildman–Crippen LogP) is 5.69. The van der Waals surface area contributed by atoms with Crippen LogP contribution in [0.2, 0.25) is 4.34 Å². The van der Waals surface area contributed by atoms with Crippen molar-refractivity contribution in [2.24, 2.45) is 0 Å². The van der Waals surface area contributed by atoms with Gasteiger partial charge >= 0.3 is 6.61 Å². The number of ether oxygens (including phenoxy) is 1. The SMILES string of the molecule is Cc1nc(-c2ccc(Cl)s2)sc1C(=O)Nc1ccccc1OC(F)F. The lowest BCUT2D eigenvalue weighted by Gasteiger charge is -2.11. The average molecular weight is 401 g/mol. The van der Waals surface area contributed by atoms with Crippen LogP contribution in [0.15, 0.2) is 36.4 Å². The minimum absolute atomic E-state index is 0.0988. The number of halogens is 3. The highest BCUT2D eigenvalue weighted by Crippen LogP contribution is 2.35. The van der Waals surface area contributed by atoms with Gasteiger partial charge in [0.1, 0.15) is 15.6 Å². The smallest absolute Gasteiger partial charge is 0.387 e. The molecule has 0 saturated carbocycles. The van der Waals surface area contributed by atoms with E-state index in [1.807, 2.05) is 6.07 Å². The molecule has 0 radical (unpaired) electrons. The van der Waals surface area contributed by atoms with E-state index < -0.39 is 12.5 Å². The van der Waals surface area contributed by atoms with E-state index in [0.29, 0.717) is 19.9 Å². The van der Waals surface area contributed by atoms with E-state index in [9.17, 15) is 13.6 Å². The molecule has 25 heavy (non-hydrogen) atoms. The highest BCUT2D eigenvalue weighted by atomic mass is 35.5. The van der Waals surface area contributed by atoms with Crippen LogP contribution in [0.4, 0.5) is 14.5 Å². The van der Waals surface area contributed by atoms with Gasteiger partial charge in [-0.1, -0.05) is 23.7 Å². The third kappa shape index (κ3) is 4.15. The van der Waals surface area contributed by atoms with Crippen molar-refractivity contribution in [3.63, 3.8) is 0 Å². The van der Waals surface area contributed by atoms with Gasteiger partial charge in [0.25, 0.3) is 5.91 Å². The molecule has 1 N–H and O–H groups in total. The van der Waals surface area contributed by atoms with Crippen LogP contribution in [0.1, 0.15) is 15.4 Å². The molecular weight excluding hydrogens is 390 g/mol. The first-order chi connectivity index (χ1) is 11.9. The summed E-state index contributed by atoms with van der Waals surface area (Å²) in [7, 11) is 0. The number of alkyl halides is 2. The van der Waals surface area contributed by atoms with Gasteiger partial charge in [-0.15, -0.1) is 22.7 Å². The largest absolute Gasteiger partial charge is 0.433 e. The van der Waals surface area contributed by atoms with Gasteiger partial charge in [-0.3, -0.25) is 4.79 Å². The van der Waals surface area contributed by atoms with E-state index in [1.54, 1.807) is 25.1 Å². The predicted molar refractivity (Wildman–Crippen MR) is 96.2 cm³/mol. The fourth-order valence-corrected chi connectivity index (χ4v) is 4.15. The van der Waals surface area contributed by atoms with Crippen molar-refractivity contribution in [3.05, 3.63) is 51.3 Å². The quantitative estimate of drug-likeness (QED) is 0.598. The molecule has 0 aliphatic heterocycles. The lowest BCUT2D eigenvalue weighted by atomic mass is 10.3. The lowest BCUT2D eigenvalue weighted by Crippen LogP contribution is -2.13. The van der Waals surface area contributed by atoms with Crippen LogP contribution in [0, 0.1) is 6.92 Å². The summed E-state index contributed by atoms with van der Waals surface area (Å²) in [5.74, 6) is -0.535. The Morgan fingerprint density at radius 1 is 1.24 bits per heavy atom. The molecule has 1 aromatic carbocycles. The molecule has 3 aromatic rings. The number of carbonyl (C=O) groups excluding carboxylic acids is 1. The summed E-state index contributed by atoms with van der Waals surface area (Å²) in [4.78, 5) is 18.2. The second kappa shape index (κ2) is 7.47. The molecular formula is C16H11ClF2N2O2S2. The van der Waals surface area contributed by atoms with E-state index in [-0.39, 0.29) is 11.4 Å². The number of benzene rings is 1. The first kappa shape index (κ1) is 17.8. The zero-order valence-electron chi connectivity index (χ0n) is 12.8. The Balaban J connectivity index is 1.84. The number of nitrogens with one attached hydrogen (secondary N) is 1. The number of para-hydroxylation sites is 2. The monoisotopic (exact) mass is 400 g/mol. The first-order valence-electron chi connectivity index (χ1n) is 7.02. The van der Waals surface area contributed by atoms with Crippen LogP contribution in [0.25, 0.3) is 9.88 Å². The summed E-state index contributed by atoms with van der Waals surface area (Å²) in [6.45, 7) is -1.26. The number of carbonyl (C=O) groups is 1. The fraction of sp³-hybridized carbons (Fsp3) is 0.125. The number of hydrogen-bond donors (Lipinski definition) is 1. The Bertz CT molecular complexity index is 911. The Labute approximate surface area is 155 Å². The minimum Gasteiger partial charge on any atom is -0.433 e. The van der Waals surface area contributed by atoms with Crippen molar-refractivity contribution in [2.75, 3.05) is 5.32 Å². The minimum atomic E-state index is -2.97. The number of thiazole rings is 1. The molecule has 3 rings (SSSR count). The lowest BCUT2D eigenvalue weighted by molar-refractivity contribution is -0.0493. The molecule has 0 aliphatic carbocycles. The number of nitrogens with zero attached hydrogens (tertiary/aromatic N) is 1. The Kier molecular flexibility index (Phi) is 5.31. The zero-order valence-corrected chi connectivity index (χ0v) is 15.1. The van der Waals surface area contributed by atoms with Crippen LogP contribution < -0.4 is 10.1 Å². The van der Waals surface area contributed by atoms with Gasteiger partial charge in [0, 0.05) is 0 Å². The summed E-state index contributed by atoms with van der Waals surface area (Å²) in [6, 6.07) is 9.61. The van der Waals surface area contributed by atoms with Gasteiger partial charge in [0.15, 0.2) is 0 Å². The molecule has 0 aliphatic rings. The van der Waals surface area contributed by atoms with Crippen LogP contribution in [-0.2, 0) is 0 Å². The van der Waals surface area contributed by atoms with Gasteiger partial charge in [0.2, 0.25) is 0 Å². The zero-order chi connectivity index (χ0) is 18.0. The van der Waals surface area contributed by atoms with Crippen molar-refractivity contribution >= 4 is 45.9 Å². The van der Waals surface area contributed by atoms with Crippen LogP contribution >= 0.6 is 34.3 Å². The second-order valence-electron chi connectivity index (χ2n) is 4.87. The molecule has 1 amide bonds. The van der Waals surface area contributed by atoms with Gasteiger partial charge < -0.3 is 10.1 Å². The molecule has 0 bridgehead atoms. The second-order valence-corrected chi connectivity index (χ2v) is 7.58. The third-order valence-corrected chi connectivity index (χ3v) is 5.69. The molecule has 0 saturated heterocycles. The fourth-order valence-electron chi connectivity index (χ4n) is 2.09. The molecule has 2 heterocycles. The van der Waals surface area contributed by atoms with E-state index in [2.05, 4.69) is 15.0 Å². The number of anilines is 1. The Morgan fingerprint density at radius 3 is 2.68 bits per heavy atom. The van der Waals surface area contributed by atoms with Crippen LogP contribution in [0.3, 0.4) is 0 Å². The van der Waals surface area contributed by atoms with Crippen molar-refractivity contribution in [1.29, 1.82) is 0 Å². The van der Waals surface area contributed by atoms with E-state index in [1.165, 1.54) is 34.8 Å². The number of thiophene rings is 1. The van der Waals surface area contributed by atoms with E-state index in [0.717, 1.165) is 4.88 Å². The topological polar surface area (TPSA) is 51.2 Å². The highest BCUT2D eigenvalue weighted by molar-refractivity contribution is 7.24. The standard InChI is InChI=1S/C16H11ClF2N2O2S2/c1-8-13(25-15(20-8)11-6-7-12(17)24-11)14(22)21-9-4-2-3-5-10(9)23-16(18)19/h2-7,16H,1H3,(H,21,22). The molecule has 0 unspecified atom stereocenters. The van der Waals surface area contributed by atoms with Crippen LogP contribution in [-0.4, -0.2) is 17.5 Å². The summed E-state index contributed by atoms with van der Waals surface area (Å²) in [6.07, 6.45) is 0. The van der Waals surface area contributed by atoms with Gasteiger partial charge in [-0.05, 0) is 31.2 Å². The molecule has 0 spiro atoms. The molecule has 2 aromatic heterocycles. The van der Waals surface area contributed by atoms with E-state index in [4.69, 9.17) is 11.6 Å². The molecule has 130 valence electrons. The number of rotatable bonds is 5. The van der Waals surface area contributed by atoms with Crippen molar-refractivity contribution in [2.45, 2.75) is 13.5 Å². The Hall–Kier alpha value is -2.03. The maximum Gasteiger partial charge on any atom is 0.387 e. The van der Waals surface area contributed by atoms with Crippen molar-refractivity contribution in [3.8, 4) is 15.6 Å². The van der Waals surface area contributed by atoms with Crippen LogP contribution in [0.5, 0.6) is 5.75 Å². The molecule has 4 nitrogen and oxygen atoms in total. The average Bonchev–Trinajstić information content (AvgIpc) is 3.14. The van der Waals surface area contributed by atoms with E-state index >= 15 is 0 Å². The van der Waals surface area contributed by atoms with Gasteiger partial charge in [-0.25, -0.2) is 4.98 Å². The van der Waals surface area contributed by atoms with Crippen molar-refractivity contribution in [1.82, 2.24) is 4.98 Å². The summed E-state index contributed by atoms with van der Waals surface area (Å²) in [5, 5.41) is 3.27. The Morgan fingerprint density at radius 2 is 2.00 bits per heavy atom. The van der Waals surface area contributed by atoms with Crippen molar-refractivity contribution < 1.29 is 18.3 Å². The van der Waals surface area contributed by atoms with Gasteiger partial charge in [-0.2, -0.15) is 8.78 Å². The number of amides is 1. The summed E-state index contributed by atoms with van der Waals surface area (Å²) < 4.78 is 30.0. The number of aryl methyl sites for hydroxylation is 1. The maximum atomic E-state index is 12.5. The van der Waals surface area contributed by atoms with Gasteiger partial charge in [0.05, 0.1) is 20.6 Å². The molecule has 0 fully saturated rings. The molecule has 9 heteroatoms. The number of aromatic nitrogens is 1.